The summed E-state index contributed by atoms with van der Waals surface area (Å²) in [7, 11) is 0. The average Bonchev–Trinajstić information content (AvgIpc) is 2.45. The fourth-order valence-corrected chi connectivity index (χ4v) is 2.11. The van der Waals surface area contributed by atoms with E-state index in [4.69, 9.17) is 33.0 Å². The van der Waals surface area contributed by atoms with Gasteiger partial charge in [-0.15, -0.1) is 0 Å². The van der Waals surface area contributed by atoms with Gasteiger partial charge >= 0.3 is 5.97 Å². The summed E-state index contributed by atoms with van der Waals surface area (Å²) in [4.78, 5) is 10.4. The van der Waals surface area contributed by atoms with Gasteiger partial charge in [-0.05, 0) is 35.4 Å². The Labute approximate surface area is 132 Å². The number of rotatable bonds is 5. The van der Waals surface area contributed by atoms with Gasteiger partial charge in [0, 0.05) is 11.1 Å². The number of benzene rings is 2. The van der Waals surface area contributed by atoms with E-state index in [1.54, 1.807) is 18.2 Å². The quantitative estimate of drug-likeness (QED) is 0.813. The zero-order valence-electron chi connectivity index (χ0n) is 10.9. The van der Waals surface area contributed by atoms with Crippen molar-refractivity contribution in [3.63, 3.8) is 0 Å². The number of hydrogen-bond acceptors (Lipinski definition) is 2. The number of ether oxygens (including phenoxy) is 1. The lowest BCUT2D eigenvalue weighted by Gasteiger charge is -2.08. The molecule has 2 aromatic rings. The van der Waals surface area contributed by atoms with Crippen LogP contribution in [0, 0.1) is 0 Å². The molecule has 0 fully saturated rings. The van der Waals surface area contributed by atoms with Crippen LogP contribution in [0.1, 0.15) is 11.1 Å². The molecule has 1 N–H and O–H groups in total. The first-order valence-corrected chi connectivity index (χ1v) is 6.88. The van der Waals surface area contributed by atoms with Crippen LogP contribution in [0.4, 0.5) is 0 Å². The first-order valence-electron chi connectivity index (χ1n) is 6.12. The third kappa shape index (κ3) is 4.81. The van der Waals surface area contributed by atoms with Crippen LogP contribution < -0.4 is 4.74 Å². The summed E-state index contributed by atoms with van der Waals surface area (Å²) in [5.41, 5.74) is 1.76. The topological polar surface area (TPSA) is 46.5 Å². The smallest absolute Gasteiger partial charge is 0.328 e. The van der Waals surface area contributed by atoms with Crippen molar-refractivity contribution in [3.8, 4) is 5.75 Å². The predicted octanol–water partition coefficient (Wildman–Crippen LogP) is 4.67. The van der Waals surface area contributed by atoms with Crippen LogP contribution in [-0.4, -0.2) is 11.1 Å². The van der Waals surface area contributed by atoms with Gasteiger partial charge in [-0.3, -0.25) is 0 Å². The molecule has 21 heavy (non-hydrogen) atoms. The monoisotopic (exact) mass is 322 g/mol. The fourth-order valence-electron chi connectivity index (χ4n) is 1.65. The van der Waals surface area contributed by atoms with Crippen LogP contribution in [0.25, 0.3) is 6.08 Å². The van der Waals surface area contributed by atoms with E-state index in [0.717, 1.165) is 17.2 Å². The van der Waals surface area contributed by atoms with Crippen LogP contribution in [0.2, 0.25) is 10.0 Å². The van der Waals surface area contributed by atoms with Gasteiger partial charge in [0.1, 0.15) is 12.4 Å². The molecule has 5 heteroatoms. The van der Waals surface area contributed by atoms with Crippen molar-refractivity contribution in [2.45, 2.75) is 6.61 Å². The van der Waals surface area contributed by atoms with Crippen LogP contribution in [0.15, 0.2) is 48.5 Å². The summed E-state index contributed by atoms with van der Waals surface area (Å²) in [6.45, 7) is 0.365. The molecule has 0 radical (unpaired) electrons. The Balaban J connectivity index is 1.99. The largest absolute Gasteiger partial charge is 0.487 e. The highest BCUT2D eigenvalue weighted by molar-refractivity contribution is 6.35. The second kappa shape index (κ2) is 7.16. The molecule has 0 aliphatic heterocycles. The molecule has 108 valence electrons. The molecule has 2 aromatic carbocycles. The lowest BCUT2D eigenvalue weighted by Crippen LogP contribution is -1.96. The number of aliphatic carboxylic acids is 1. The average molecular weight is 323 g/mol. The summed E-state index contributed by atoms with van der Waals surface area (Å²) in [5, 5.41) is 9.58. The Morgan fingerprint density at radius 2 is 1.86 bits per heavy atom. The minimum absolute atomic E-state index is 0.365. The van der Waals surface area contributed by atoms with Crippen molar-refractivity contribution in [1.29, 1.82) is 0 Å². The highest BCUT2D eigenvalue weighted by Gasteiger charge is 2.03. The van der Waals surface area contributed by atoms with Gasteiger partial charge < -0.3 is 9.84 Å². The van der Waals surface area contributed by atoms with Crippen molar-refractivity contribution in [1.82, 2.24) is 0 Å². The summed E-state index contributed by atoms with van der Waals surface area (Å²) in [6.07, 6.45) is 2.63. The standard InChI is InChI=1S/C16H12Cl2O3/c17-13-6-7-15(14(18)9-13)21-10-12-3-1-11(2-4-12)5-8-16(19)20/h1-9H,10H2,(H,19,20). The van der Waals surface area contributed by atoms with E-state index in [1.165, 1.54) is 6.08 Å². The van der Waals surface area contributed by atoms with E-state index in [9.17, 15) is 4.79 Å². The van der Waals surface area contributed by atoms with E-state index in [-0.39, 0.29) is 0 Å². The van der Waals surface area contributed by atoms with Gasteiger partial charge in [-0.25, -0.2) is 4.79 Å². The summed E-state index contributed by atoms with van der Waals surface area (Å²) in [5.74, 6) is -0.407. The van der Waals surface area contributed by atoms with E-state index in [1.807, 2.05) is 24.3 Å². The van der Waals surface area contributed by atoms with Crippen LogP contribution in [0.5, 0.6) is 5.75 Å². The van der Waals surface area contributed by atoms with E-state index in [2.05, 4.69) is 0 Å². The van der Waals surface area contributed by atoms with Gasteiger partial charge in [0.25, 0.3) is 0 Å². The zero-order chi connectivity index (χ0) is 15.2. The molecule has 0 amide bonds. The second-order valence-electron chi connectivity index (χ2n) is 4.28. The van der Waals surface area contributed by atoms with Gasteiger partial charge in [0.15, 0.2) is 0 Å². The summed E-state index contributed by atoms with van der Waals surface area (Å²) >= 11 is 11.8. The molecule has 2 rings (SSSR count). The van der Waals surface area contributed by atoms with Gasteiger partial charge in [0.2, 0.25) is 0 Å². The van der Waals surface area contributed by atoms with E-state index >= 15 is 0 Å². The minimum atomic E-state index is -0.972. The Bertz CT molecular complexity index is 664. The number of halogens is 2. The molecular weight excluding hydrogens is 311 g/mol. The summed E-state index contributed by atoms with van der Waals surface area (Å²) in [6, 6.07) is 12.4. The lowest BCUT2D eigenvalue weighted by molar-refractivity contribution is -0.131. The Morgan fingerprint density at radius 1 is 1.14 bits per heavy atom. The number of carbonyl (C=O) groups is 1. The lowest BCUT2D eigenvalue weighted by atomic mass is 10.1. The molecule has 0 atom stereocenters. The van der Waals surface area contributed by atoms with Gasteiger partial charge in [-0.2, -0.15) is 0 Å². The van der Waals surface area contributed by atoms with Gasteiger partial charge in [0.05, 0.1) is 5.02 Å². The van der Waals surface area contributed by atoms with E-state index < -0.39 is 5.97 Å². The SMILES string of the molecule is O=C(O)C=Cc1ccc(COc2ccc(Cl)cc2Cl)cc1. The molecule has 0 unspecified atom stereocenters. The Morgan fingerprint density at radius 3 is 2.48 bits per heavy atom. The first kappa shape index (κ1) is 15.4. The highest BCUT2D eigenvalue weighted by atomic mass is 35.5. The molecular formula is C16H12Cl2O3. The maximum atomic E-state index is 10.4. The molecule has 0 bridgehead atoms. The first-order chi connectivity index (χ1) is 10.0. The maximum Gasteiger partial charge on any atom is 0.328 e. The Hall–Kier alpha value is -1.97. The fraction of sp³-hybridized carbons (Fsp3) is 0.0625. The number of carboxylic acids is 1. The van der Waals surface area contributed by atoms with Crippen LogP contribution in [0.3, 0.4) is 0 Å². The molecule has 0 aromatic heterocycles. The molecule has 0 spiro atoms. The predicted molar refractivity (Wildman–Crippen MR) is 83.9 cm³/mol. The van der Waals surface area contributed by atoms with Crippen LogP contribution in [-0.2, 0) is 11.4 Å². The maximum absolute atomic E-state index is 10.4. The number of hydrogen-bond donors (Lipinski definition) is 1. The van der Waals surface area contributed by atoms with Crippen molar-refractivity contribution >= 4 is 35.2 Å². The molecule has 3 nitrogen and oxygen atoms in total. The zero-order valence-corrected chi connectivity index (χ0v) is 12.4. The molecule has 0 aliphatic carbocycles. The van der Waals surface area contributed by atoms with Crippen molar-refractivity contribution in [2.24, 2.45) is 0 Å². The van der Waals surface area contributed by atoms with Crippen molar-refractivity contribution < 1.29 is 14.6 Å². The third-order valence-corrected chi connectivity index (χ3v) is 3.22. The van der Waals surface area contributed by atoms with Crippen molar-refractivity contribution in [2.75, 3.05) is 0 Å². The molecule has 0 aliphatic rings. The molecule has 0 heterocycles. The third-order valence-electron chi connectivity index (χ3n) is 2.69. The Kier molecular flexibility index (Phi) is 5.26. The number of carboxylic acid groups (broad SMARTS) is 1. The molecule has 0 saturated carbocycles. The summed E-state index contributed by atoms with van der Waals surface area (Å²) < 4.78 is 5.61. The van der Waals surface area contributed by atoms with E-state index in [0.29, 0.717) is 22.4 Å². The minimum Gasteiger partial charge on any atom is -0.487 e. The van der Waals surface area contributed by atoms with Crippen LogP contribution >= 0.6 is 23.2 Å². The van der Waals surface area contributed by atoms with Gasteiger partial charge in [-0.1, -0.05) is 47.5 Å². The molecule has 0 saturated heterocycles. The van der Waals surface area contributed by atoms with Crippen molar-refractivity contribution in [3.05, 3.63) is 69.7 Å². The second-order valence-corrected chi connectivity index (χ2v) is 5.12. The highest BCUT2D eigenvalue weighted by Crippen LogP contribution is 2.28. The normalized spacial score (nSPS) is 10.8.